The highest BCUT2D eigenvalue weighted by atomic mass is 19.1. The van der Waals surface area contributed by atoms with Gasteiger partial charge in [0.15, 0.2) is 0 Å². The minimum Gasteiger partial charge on any atom is -0.496 e. The van der Waals surface area contributed by atoms with Gasteiger partial charge in [-0.05, 0) is 43.0 Å². The molecule has 2 aliphatic rings. The van der Waals surface area contributed by atoms with Crippen LogP contribution in [0.25, 0.3) is 16.8 Å². The van der Waals surface area contributed by atoms with Crippen molar-refractivity contribution >= 4 is 29.1 Å². The molecular formula is C29H30FN7O3. The standard InChI is InChI=1S/C29H30FN7O3/c1-40-22-7-6-20(30)16-21(22)26(38)34-17-18-2-4-19(5-3-18)23-24-25(31)32-12-15-37(24)28(35-23)36-13-9-29(10-14-36)8-11-33-27(29)39/h2-7,12,15-16H,8-11,13-14,17H2,1H3,(H2,31,32)(H,33,39)(H,34,38). The summed E-state index contributed by atoms with van der Waals surface area (Å²) in [5.74, 6) is 0.679. The molecule has 0 bridgehead atoms. The first-order valence-corrected chi connectivity index (χ1v) is 13.3. The van der Waals surface area contributed by atoms with Crippen LogP contribution in [0.4, 0.5) is 16.2 Å². The van der Waals surface area contributed by atoms with E-state index in [1.54, 1.807) is 6.20 Å². The Morgan fingerprint density at radius 2 is 1.95 bits per heavy atom. The number of rotatable bonds is 6. The van der Waals surface area contributed by atoms with Crippen molar-refractivity contribution in [3.05, 3.63) is 71.8 Å². The molecule has 4 N–H and O–H groups in total. The average Bonchev–Trinajstić information content (AvgIpc) is 3.54. The number of halogens is 1. The lowest BCUT2D eigenvalue weighted by molar-refractivity contribution is -0.128. The first kappa shape index (κ1) is 25.6. The molecule has 2 aliphatic heterocycles. The maximum absolute atomic E-state index is 13.7. The summed E-state index contributed by atoms with van der Waals surface area (Å²) >= 11 is 0. The number of methoxy groups -OCH3 is 1. The van der Waals surface area contributed by atoms with Gasteiger partial charge in [-0.25, -0.2) is 14.4 Å². The van der Waals surface area contributed by atoms with Crippen LogP contribution in [0.3, 0.4) is 0 Å². The number of hydrogen-bond donors (Lipinski definition) is 3. The predicted octanol–water partition coefficient (Wildman–Crippen LogP) is 3.16. The smallest absolute Gasteiger partial charge is 0.255 e. The number of nitrogens with one attached hydrogen (secondary N) is 2. The van der Waals surface area contributed by atoms with Crippen LogP contribution in [0.5, 0.6) is 5.75 Å². The zero-order valence-electron chi connectivity index (χ0n) is 22.1. The number of ether oxygens (including phenoxy) is 1. The summed E-state index contributed by atoms with van der Waals surface area (Å²) in [5, 5.41) is 5.80. The van der Waals surface area contributed by atoms with E-state index in [-0.39, 0.29) is 23.4 Å². The van der Waals surface area contributed by atoms with Gasteiger partial charge in [-0.3, -0.25) is 14.0 Å². The lowest BCUT2D eigenvalue weighted by Gasteiger charge is -2.37. The molecule has 2 aromatic heterocycles. The summed E-state index contributed by atoms with van der Waals surface area (Å²) in [4.78, 5) is 36.6. The van der Waals surface area contributed by atoms with Gasteiger partial charge in [0.25, 0.3) is 5.91 Å². The molecule has 2 amide bonds. The molecule has 0 aliphatic carbocycles. The van der Waals surface area contributed by atoms with Gasteiger partial charge in [0.2, 0.25) is 11.9 Å². The molecule has 206 valence electrons. The molecule has 1 spiro atoms. The summed E-state index contributed by atoms with van der Waals surface area (Å²) in [5.41, 5.74) is 9.33. The third-order valence-corrected chi connectivity index (χ3v) is 8.03. The Labute approximate surface area is 230 Å². The highest BCUT2D eigenvalue weighted by Crippen LogP contribution is 2.40. The van der Waals surface area contributed by atoms with Crippen LogP contribution >= 0.6 is 0 Å². The van der Waals surface area contributed by atoms with E-state index in [1.807, 2.05) is 34.9 Å². The second-order valence-corrected chi connectivity index (χ2v) is 10.3. The van der Waals surface area contributed by atoms with E-state index in [1.165, 1.54) is 19.2 Å². The Hall–Kier alpha value is -4.67. The van der Waals surface area contributed by atoms with E-state index in [4.69, 9.17) is 15.5 Å². The van der Waals surface area contributed by atoms with E-state index in [0.717, 1.165) is 67.6 Å². The molecule has 40 heavy (non-hydrogen) atoms. The summed E-state index contributed by atoms with van der Waals surface area (Å²) in [6.45, 7) is 2.45. The van der Waals surface area contributed by atoms with E-state index in [0.29, 0.717) is 17.3 Å². The number of nitrogens with zero attached hydrogens (tertiary/aromatic N) is 4. The van der Waals surface area contributed by atoms with Crippen LogP contribution in [-0.2, 0) is 11.3 Å². The number of carbonyl (C=O) groups is 2. The second-order valence-electron chi connectivity index (χ2n) is 10.3. The summed E-state index contributed by atoms with van der Waals surface area (Å²) in [6, 6.07) is 11.5. The van der Waals surface area contributed by atoms with Crippen molar-refractivity contribution in [1.29, 1.82) is 0 Å². The quantitative estimate of drug-likeness (QED) is 0.341. The number of imidazole rings is 1. The van der Waals surface area contributed by atoms with Crippen molar-refractivity contribution in [2.75, 3.05) is 37.4 Å². The van der Waals surface area contributed by atoms with Crippen molar-refractivity contribution in [1.82, 2.24) is 25.0 Å². The van der Waals surface area contributed by atoms with E-state index >= 15 is 0 Å². The minimum atomic E-state index is -0.510. The third-order valence-electron chi connectivity index (χ3n) is 8.03. The fourth-order valence-corrected chi connectivity index (χ4v) is 5.72. The van der Waals surface area contributed by atoms with Crippen LogP contribution in [0.15, 0.2) is 54.9 Å². The lowest BCUT2D eigenvalue weighted by Crippen LogP contribution is -2.44. The van der Waals surface area contributed by atoms with Crippen LogP contribution in [0.2, 0.25) is 0 Å². The van der Waals surface area contributed by atoms with Crippen LogP contribution in [-0.4, -0.2) is 52.9 Å². The number of piperidine rings is 1. The summed E-state index contributed by atoms with van der Waals surface area (Å²) in [7, 11) is 1.44. The number of nitrogen functional groups attached to an aromatic ring is 1. The molecule has 6 rings (SSSR count). The molecule has 0 radical (unpaired) electrons. The Bertz CT molecular complexity index is 1590. The molecule has 10 nitrogen and oxygen atoms in total. The fraction of sp³-hybridized carbons (Fsp3) is 0.310. The van der Waals surface area contributed by atoms with E-state index < -0.39 is 11.7 Å². The monoisotopic (exact) mass is 543 g/mol. The van der Waals surface area contributed by atoms with Gasteiger partial charge in [0.1, 0.15) is 28.6 Å². The first-order valence-electron chi connectivity index (χ1n) is 13.3. The number of fused-ring (bicyclic) bond motifs is 1. The van der Waals surface area contributed by atoms with Crippen LogP contribution < -0.4 is 26.0 Å². The average molecular weight is 544 g/mol. The van der Waals surface area contributed by atoms with E-state index in [9.17, 15) is 14.0 Å². The molecule has 2 aromatic carbocycles. The largest absolute Gasteiger partial charge is 0.496 e. The molecule has 2 fully saturated rings. The number of amides is 2. The number of anilines is 2. The van der Waals surface area contributed by atoms with Crippen molar-refractivity contribution in [2.24, 2.45) is 5.41 Å². The maximum Gasteiger partial charge on any atom is 0.255 e. The normalized spacial score (nSPS) is 16.4. The minimum absolute atomic E-state index is 0.135. The second kappa shape index (κ2) is 10.1. The highest BCUT2D eigenvalue weighted by molar-refractivity contribution is 5.97. The number of carbonyl (C=O) groups excluding carboxylic acids is 2. The summed E-state index contributed by atoms with van der Waals surface area (Å²) in [6.07, 6.45) is 5.96. The molecule has 0 atom stereocenters. The third kappa shape index (κ3) is 4.47. The maximum atomic E-state index is 13.7. The van der Waals surface area contributed by atoms with Crippen molar-refractivity contribution in [3.8, 4) is 17.0 Å². The number of nitrogens with two attached hydrogens (primary N) is 1. The predicted molar refractivity (Wildman–Crippen MR) is 148 cm³/mol. The van der Waals surface area contributed by atoms with Crippen molar-refractivity contribution in [2.45, 2.75) is 25.8 Å². The van der Waals surface area contributed by atoms with Gasteiger partial charge >= 0.3 is 0 Å². The SMILES string of the molecule is COc1ccc(F)cc1C(=O)NCc1ccc(-c2nc(N3CCC4(CCNC4=O)CC3)n3ccnc(N)c23)cc1. The van der Waals surface area contributed by atoms with Crippen molar-refractivity contribution < 1.29 is 18.7 Å². The Balaban J connectivity index is 1.22. The fourth-order valence-electron chi connectivity index (χ4n) is 5.72. The van der Waals surface area contributed by atoms with Gasteiger partial charge in [0, 0.05) is 44.1 Å². The Morgan fingerprint density at radius 3 is 2.65 bits per heavy atom. The zero-order chi connectivity index (χ0) is 27.9. The molecule has 0 unspecified atom stereocenters. The first-order chi connectivity index (χ1) is 19.4. The van der Waals surface area contributed by atoms with Crippen molar-refractivity contribution in [3.63, 3.8) is 0 Å². The molecule has 0 saturated carbocycles. The van der Waals surface area contributed by atoms with Gasteiger partial charge in [-0.2, -0.15) is 0 Å². The summed E-state index contributed by atoms with van der Waals surface area (Å²) < 4.78 is 20.8. The van der Waals surface area contributed by atoms with E-state index in [2.05, 4.69) is 20.5 Å². The van der Waals surface area contributed by atoms with Crippen LogP contribution in [0.1, 0.15) is 35.2 Å². The van der Waals surface area contributed by atoms with Crippen LogP contribution in [0, 0.1) is 11.2 Å². The lowest BCUT2D eigenvalue weighted by atomic mass is 9.77. The topological polar surface area (TPSA) is 127 Å². The number of benzene rings is 2. The number of hydrogen-bond acceptors (Lipinski definition) is 7. The van der Waals surface area contributed by atoms with Gasteiger partial charge < -0.3 is 26.0 Å². The molecule has 4 aromatic rings. The van der Waals surface area contributed by atoms with Gasteiger partial charge in [-0.1, -0.05) is 24.3 Å². The molecule has 11 heteroatoms. The number of aromatic nitrogens is 3. The van der Waals surface area contributed by atoms with Gasteiger partial charge in [0.05, 0.1) is 18.1 Å². The Morgan fingerprint density at radius 1 is 1.18 bits per heavy atom. The Kier molecular flexibility index (Phi) is 6.49. The highest BCUT2D eigenvalue weighted by Gasteiger charge is 2.44. The molecule has 4 heterocycles. The zero-order valence-corrected chi connectivity index (χ0v) is 22.1. The molecule has 2 saturated heterocycles. The van der Waals surface area contributed by atoms with Gasteiger partial charge in [-0.15, -0.1) is 0 Å². The molecular weight excluding hydrogens is 513 g/mol.